The van der Waals surface area contributed by atoms with E-state index < -0.39 is 18.2 Å². The fraction of sp³-hybridized carbons (Fsp3) is 0.438. The van der Waals surface area contributed by atoms with Gasteiger partial charge in [-0.1, -0.05) is 147 Å². The number of ether oxygens (including phenoxy) is 6. The summed E-state index contributed by atoms with van der Waals surface area (Å²) in [4.78, 5) is 21.1. The van der Waals surface area contributed by atoms with Gasteiger partial charge in [0.05, 0.1) is 50.3 Å². The molecule has 5 rings (SSSR count). The first-order valence-corrected chi connectivity index (χ1v) is 30.4. The number of aryl methyl sites for hydroxylation is 1. The first-order chi connectivity index (χ1) is 37.2. The number of para-hydroxylation sites is 5. The smallest absolute Gasteiger partial charge is 0.346 e. The van der Waals surface area contributed by atoms with Crippen molar-refractivity contribution < 1.29 is 63.5 Å². The average Bonchev–Trinajstić information content (AvgIpc) is 3.45. The summed E-state index contributed by atoms with van der Waals surface area (Å²) in [6.07, 6.45) is 7.82. The fourth-order valence-electron chi connectivity index (χ4n) is 4.92. The highest BCUT2D eigenvalue weighted by molar-refractivity contribution is 14.1. The zero-order chi connectivity index (χ0) is 59.7. The molecule has 0 unspecified atom stereocenters. The quantitative estimate of drug-likeness (QED) is 0.0271. The van der Waals surface area contributed by atoms with Gasteiger partial charge in [-0.15, -0.1) is 12.3 Å². The molecule has 82 heavy (non-hydrogen) atoms. The lowest BCUT2D eigenvalue weighted by Crippen LogP contribution is -2.25. The first kappa shape index (κ1) is 91.5. The Morgan fingerprint density at radius 1 is 0.585 bits per heavy atom. The van der Waals surface area contributed by atoms with E-state index in [1.54, 1.807) is 19.1 Å². The Morgan fingerprint density at radius 2 is 0.951 bits per heavy atom. The highest BCUT2D eigenvalue weighted by atomic mass is 127. The number of methoxy groups -OCH3 is 2. The SMILES string of the molecule is C.C.C.C.C#CCC.CCC#Cc1ccccc1O[C@H](C)CO.CCCCc1ccccc1O[C@H](C)CO.COC(=O)[C@@H](C)Oc1ccccc1I.COC(=O)[C@H](C)O.CP=S.C[C@H](CO)Oc1ccccc1I.Oc1ccccc1I. The van der Waals surface area contributed by atoms with Crippen LogP contribution in [0, 0.1) is 34.9 Å². The molecule has 0 spiro atoms. The molecule has 5 aromatic rings. The van der Waals surface area contributed by atoms with Gasteiger partial charge in [0.25, 0.3) is 0 Å². The average molecular weight is 1520 g/mol. The molecule has 0 aromatic heterocycles. The van der Waals surface area contributed by atoms with E-state index in [4.69, 9.17) is 50.9 Å². The molecule has 0 saturated heterocycles. The fourth-order valence-corrected chi connectivity index (χ4v) is 6.33. The molecule has 0 aliphatic carbocycles. The number of unbranched alkanes of at least 4 members (excludes halogenated alkanes) is 1. The maximum atomic E-state index is 11.1. The Labute approximate surface area is 542 Å². The zero-order valence-electron chi connectivity index (χ0n) is 46.7. The second kappa shape index (κ2) is 61.3. The van der Waals surface area contributed by atoms with Crippen molar-refractivity contribution in [3.05, 3.63) is 143 Å². The third-order valence-electron chi connectivity index (χ3n) is 8.92. The summed E-state index contributed by atoms with van der Waals surface area (Å²) in [6, 6.07) is 38.1. The third kappa shape index (κ3) is 48.1. The number of rotatable bonds is 16. The Balaban J connectivity index is -0.000000162. The van der Waals surface area contributed by atoms with Crippen molar-refractivity contribution in [2.75, 3.05) is 40.7 Å². The number of halogens is 3. The van der Waals surface area contributed by atoms with Crippen molar-refractivity contribution in [1.82, 2.24) is 0 Å². The van der Waals surface area contributed by atoms with Crippen LogP contribution in [-0.2, 0) is 37.3 Å². The normalized spacial score (nSPS) is 10.7. The predicted octanol–water partition coefficient (Wildman–Crippen LogP) is 15.4. The van der Waals surface area contributed by atoms with Crippen LogP contribution >= 0.6 is 75.1 Å². The summed E-state index contributed by atoms with van der Waals surface area (Å²) in [5.74, 6) is 11.0. The van der Waals surface area contributed by atoms with E-state index in [-0.39, 0.29) is 73.8 Å². The molecular weight excluding hydrogens is 1420 g/mol. The molecule has 5 aromatic carbocycles. The van der Waals surface area contributed by atoms with Gasteiger partial charge in [0.15, 0.2) is 6.10 Å². The predicted molar refractivity (Wildman–Crippen MR) is 371 cm³/mol. The maximum absolute atomic E-state index is 11.1. The van der Waals surface area contributed by atoms with E-state index >= 15 is 0 Å². The van der Waals surface area contributed by atoms with Crippen molar-refractivity contribution >= 4 is 98.9 Å². The Bertz CT molecular complexity index is 2430. The number of hydrogen-bond acceptors (Lipinski definition) is 14. The number of phenols is 1. The largest absolute Gasteiger partial charge is 0.507 e. The highest BCUT2D eigenvalue weighted by Crippen LogP contribution is 2.23. The van der Waals surface area contributed by atoms with Gasteiger partial charge >= 0.3 is 11.9 Å². The lowest BCUT2D eigenvalue weighted by Gasteiger charge is -2.15. The summed E-state index contributed by atoms with van der Waals surface area (Å²) in [5, 5.41) is 43.9. The molecule has 0 radical (unpaired) electrons. The molecule has 462 valence electrons. The molecule has 0 fully saturated rings. The van der Waals surface area contributed by atoms with Crippen LogP contribution < -0.4 is 18.9 Å². The minimum atomic E-state index is -0.995. The van der Waals surface area contributed by atoms with Crippen LogP contribution in [0.25, 0.3) is 0 Å². The highest BCUT2D eigenvalue weighted by Gasteiger charge is 2.15. The Morgan fingerprint density at radius 3 is 1.30 bits per heavy atom. The van der Waals surface area contributed by atoms with Crippen molar-refractivity contribution in [1.29, 1.82) is 0 Å². The number of aliphatic hydroxyl groups is 4. The second-order valence-corrected chi connectivity index (χ2v) is 20.7. The number of aromatic hydroxyl groups is 1. The molecular formula is C64H96I3O13PS. The van der Waals surface area contributed by atoms with Crippen molar-refractivity contribution in [3.8, 4) is 52.9 Å². The van der Waals surface area contributed by atoms with Gasteiger partial charge in [-0.05, 0) is 189 Å². The third-order valence-corrected chi connectivity index (χ3v) is 11.6. The minimum absolute atomic E-state index is 0. The van der Waals surface area contributed by atoms with E-state index in [0.717, 1.165) is 60.1 Å². The van der Waals surface area contributed by atoms with E-state index in [0.29, 0.717) is 11.5 Å². The van der Waals surface area contributed by atoms with Crippen molar-refractivity contribution in [2.24, 2.45) is 0 Å². The molecule has 0 aliphatic rings. The second-order valence-electron chi connectivity index (χ2n) is 15.7. The van der Waals surface area contributed by atoms with E-state index in [9.17, 15) is 9.59 Å². The summed E-state index contributed by atoms with van der Waals surface area (Å²) < 4.78 is 33.6. The van der Waals surface area contributed by atoms with Crippen LogP contribution in [0.3, 0.4) is 0 Å². The molecule has 5 N–H and O–H groups in total. The number of hydrogen-bond donors (Lipinski definition) is 5. The van der Waals surface area contributed by atoms with Crippen LogP contribution in [0.15, 0.2) is 121 Å². The van der Waals surface area contributed by atoms with Gasteiger partial charge in [-0.3, -0.25) is 0 Å². The number of aliphatic hydroxyl groups excluding tert-OH is 4. The number of benzene rings is 5. The van der Waals surface area contributed by atoms with Crippen LogP contribution in [0.4, 0.5) is 0 Å². The molecule has 13 nitrogen and oxygen atoms in total. The standard InChI is InChI=1S/C13H20O2.C13H16O2.C10H11IO3.C9H11IO2.C6H5IO.C4H8O3.C4H6.CH3PS.4CH4/c2*1-3-4-7-12-8-5-6-9-13(12)15-11(2)10-14;1-7(10(12)13-2)14-9-6-4-3-5-8(9)11;1-7(6-11)12-9-5-3-2-4-8(9)10;7-5-3-1-2-4-6(5)8;1-3(5)4(6)7-2;1-3-4-2;1-2-3;;;;/h5-6,8-9,11,14H,3-4,7,10H2,1-2H3;5-6,8-9,11,14H,3,10H2,1-2H3;3-7H,1-2H3;2-5,7,11H,6H2,1H3;1-4,8H;3,5H,1-2H3;1H,4H2,2H3;1H3;4*1H4/t2*11-;2*7-;;3-;;;;;;/m1111.0....../s1. The van der Waals surface area contributed by atoms with E-state index in [1.807, 2.05) is 144 Å². The van der Waals surface area contributed by atoms with Gasteiger partial charge in [0.2, 0.25) is 0 Å². The number of carbonyl (C=O) groups is 2. The van der Waals surface area contributed by atoms with Crippen LogP contribution in [0.2, 0.25) is 0 Å². The molecule has 0 aliphatic heterocycles. The first-order valence-electron chi connectivity index (χ1n) is 24.8. The lowest BCUT2D eigenvalue weighted by molar-refractivity contribution is -0.149. The summed E-state index contributed by atoms with van der Waals surface area (Å²) in [6.45, 7) is 16.7. The maximum Gasteiger partial charge on any atom is 0.346 e. The van der Waals surface area contributed by atoms with E-state index in [1.165, 1.54) is 39.5 Å². The van der Waals surface area contributed by atoms with Gasteiger partial charge < -0.3 is 54.0 Å². The summed E-state index contributed by atoms with van der Waals surface area (Å²) in [7, 11) is 3.58. The number of phenolic OH excluding ortho intramolecular Hbond substituents is 1. The van der Waals surface area contributed by atoms with E-state index in [2.05, 4.69) is 120 Å². The minimum Gasteiger partial charge on any atom is -0.507 e. The topological polar surface area (TPSA) is 191 Å². The molecule has 0 amide bonds. The number of carbonyl (C=O) groups excluding carboxylic acids is 2. The van der Waals surface area contributed by atoms with Crippen LogP contribution in [0.1, 0.15) is 122 Å². The van der Waals surface area contributed by atoms with Crippen LogP contribution in [-0.4, -0.2) is 109 Å². The lowest BCUT2D eigenvalue weighted by atomic mass is 10.1. The Kier molecular flexibility index (Phi) is 68.3. The van der Waals surface area contributed by atoms with Gasteiger partial charge in [0.1, 0.15) is 53.2 Å². The van der Waals surface area contributed by atoms with Crippen molar-refractivity contribution in [2.45, 2.75) is 148 Å². The van der Waals surface area contributed by atoms with Gasteiger partial charge in [-0.25, -0.2) is 9.59 Å². The molecule has 0 bridgehead atoms. The van der Waals surface area contributed by atoms with Crippen molar-refractivity contribution in [3.63, 3.8) is 0 Å². The number of terminal acetylenes is 1. The molecule has 0 saturated carbocycles. The van der Waals surface area contributed by atoms with Gasteiger partial charge in [0, 0.05) is 12.8 Å². The van der Waals surface area contributed by atoms with Gasteiger partial charge in [-0.2, -0.15) is 0 Å². The number of esters is 2. The van der Waals surface area contributed by atoms with Crippen LogP contribution in [0.5, 0.6) is 28.7 Å². The molecule has 18 heteroatoms. The Hall–Kier alpha value is -4.29. The summed E-state index contributed by atoms with van der Waals surface area (Å²) in [5.41, 5.74) is 2.11. The molecule has 0 heterocycles. The zero-order valence-corrected chi connectivity index (χ0v) is 54.8. The monoisotopic (exact) mass is 1520 g/mol. The summed E-state index contributed by atoms with van der Waals surface area (Å²) >= 11 is 10.8. The molecule has 5 atom stereocenters.